The Morgan fingerprint density at radius 3 is 2.26 bits per heavy atom. The van der Waals surface area contributed by atoms with Crippen LogP contribution in [0.3, 0.4) is 0 Å². The molecule has 0 radical (unpaired) electrons. The second-order valence-electron chi connectivity index (χ2n) is 12.4. The van der Waals surface area contributed by atoms with Crippen molar-refractivity contribution >= 4 is 29.3 Å². The average Bonchev–Trinajstić information content (AvgIpc) is 2.97. The van der Waals surface area contributed by atoms with E-state index in [1.165, 1.54) is 5.56 Å². The summed E-state index contributed by atoms with van der Waals surface area (Å²) in [6.07, 6.45) is 4.47. The van der Waals surface area contributed by atoms with E-state index in [0.29, 0.717) is 37.3 Å². The summed E-state index contributed by atoms with van der Waals surface area (Å²) < 4.78 is 0. The smallest absolute Gasteiger partial charge is 0.242 e. The summed E-state index contributed by atoms with van der Waals surface area (Å²) in [6, 6.07) is 14.0. The van der Waals surface area contributed by atoms with Crippen molar-refractivity contribution in [2.24, 2.45) is 17.1 Å². The molecule has 2 aromatic carbocycles. The summed E-state index contributed by atoms with van der Waals surface area (Å²) >= 11 is 6.07. The van der Waals surface area contributed by atoms with E-state index in [0.717, 1.165) is 30.4 Å². The zero-order valence-corrected chi connectivity index (χ0v) is 27.9. The maximum absolute atomic E-state index is 13.6. The molecule has 43 heavy (non-hydrogen) atoms. The molecule has 0 saturated heterocycles. The van der Waals surface area contributed by atoms with Crippen molar-refractivity contribution in [2.45, 2.75) is 111 Å². The molecule has 4 atom stereocenters. The maximum atomic E-state index is 13.6. The Balaban J connectivity index is 0.00000316. The van der Waals surface area contributed by atoms with E-state index in [4.69, 9.17) is 17.3 Å². The van der Waals surface area contributed by atoms with Crippen LogP contribution >= 0.6 is 11.6 Å². The third kappa shape index (κ3) is 10.4. The van der Waals surface area contributed by atoms with Gasteiger partial charge < -0.3 is 21.7 Å². The molecule has 238 valence electrons. The summed E-state index contributed by atoms with van der Waals surface area (Å²) in [5, 5.41) is 9.77. The molecule has 0 fully saturated rings. The molecule has 2 aromatic rings. The first kappa shape index (κ1) is 36.3. The summed E-state index contributed by atoms with van der Waals surface area (Å²) in [6.45, 7) is 14.3. The van der Waals surface area contributed by atoms with Gasteiger partial charge in [0, 0.05) is 29.6 Å². The molecule has 7 nitrogen and oxygen atoms in total. The van der Waals surface area contributed by atoms with E-state index >= 15 is 0 Å². The first-order valence-electron chi connectivity index (χ1n) is 15.9. The first-order chi connectivity index (χ1) is 20.4. The van der Waals surface area contributed by atoms with Crippen LogP contribution in [-0.4, -0.2) is 35.8 Å². The van der Waals surface area contributed by atoms with Gasteiger partial charge in [0.2, 0.25) is 17.7 Å². The molecule has 1 aliphatic carbocycles. The zero-order valence-electron chi connectivity index (χ0n) is 27.2. The minimum Gasteiger partial charge on any atom is -0.354 e. The molecule has 0 heterocycles. The number of benzene rings is 2. The van der Waals surface area contributed by atoms with Crippen LogP contribution in [-0.2, 0) is 27.2 Å². The van der Waals surface area contributed by atoms with Crippen LogP contribution in [0.25, 0.3) is 0 Å². The summed E-state index contributed by atoms with van der Waals surface area (Å²) in [5.41, 5.74) is 8.65. The SMILES string of the molecule is CC.CCCC(CC)(CCNC(=O)[C@@H](Cc1ccc(Cl)cc1)NC(=O)C1CCc2ccccc2C1N)C(=O)NC(C)(C)C. The van der Waals surface area contributed by atoms with Gasteiger partial charge in [-0.3, -0.25) is 14.4 Å². The summed E-state index contributed by atoms with van der Waals surface area (Å²) in [5.74, 6) is -0.916. The summed E-state index contributed by atoms with van der Waals surface area (Å²) in [7, 11) is 0. The number of hydrogen-bond acceptors (Lipinski definition) is 4. The number of carbonyl (C=O) groups is 3. The fourth-order valence-corrected chi connectivity index (χ4v) is 5.92. The van der Waals surface area contributed by atoms with Crippen molar-refractivity contribution in [3.8, 4) is 0 Å². The molecule has 8 heteroatoms. The van der Waals surface area contributed by atoms with E-state index in [1.54, 1.807) is 12.1 Å². The van der Waals surface area contributed by atoms with Gasteiger partial charge in [0.25, 0.3) is 0 Å². The molecule has 3 amide bonds. The van der Waals surface area contributed by atoms with E-state index in [-0.39, 0.29) is 23.3 Å². The number of amides is 3. The van der Waals surface area contributed by atoms with Gasteiger partial charge in [-0.2, -0.15) is 0 Å². The van der Waals surface area contributed by atoms with Gasteiger partial charge in [-0.25, -0.2) is 0 Å². The van der Waals surface area contributed by atoms with Crippen molar-refractivity contribution in [1.82, 2.24) is 16.0 Å². The lowest BCUT2D eigenvalue weighted by Crippen LogP contribution is -2.53. The molecular weight excluding hydrogens is 560 g/mol. The number of hydrogen-bond donors (Lipinski definition) is 4. The second kappa shape index (κ2) is 16.8. The first-order valence-corrected chi connectivity index (χ1v) is 16.3. The number of rotatable bonds is 12. The minimum atomic E-state index is -0.793. The monoisotopic (exact) mass is 612 g/mol. The number of fused-ring (bicyclic) bond motifs is 1. The predicted molar refractivity (Wildman–Crippen MR) is 177 cm³/mol. The number of halogens is 1. The third-order valence-corrected chi connectivity index (χ3v) is 8.43. The predicted octanol–water partition coefficient (Wildman–Crippen LogP) is 6.27. The fraction of sp³-hybridized carbons (Fsp3) is 0.571. The van der Waals surface area contributed by atoms with E-state index in [1.807, 2.05) is 71.9 Å². The highest BCUT2D eigenvalue weighted by atomic mass is 35.5. The molecule has 3 unspecified atom stereocenters. The molecule has 3 rings (SSSR count). The van der Waals surface area contributed by atoms with Gasteiger partial charge in [0.1, 0.15) is 6.04 Å². The van der Waals surface area contributed by atoms with Crippen LogP contribution in [0.1, 0.15) is 103 Å². The third-order valence-electron chi connectivity index (χ3n) is 8.17. The van der Waals surface area contributed by atoms with Crippen LogP contribution in [0.15, 0.2) is 48.5 Å². The van der Waals surface area contributed by atoms with E-state index in [9.17, 15) is 14.4 Å². The quantitative estimate of drug-likeness (QED) is 0.226. The molecule has 0 saturated carbocycles. The lowest BCUT2D eigenvalue weighted by molar-refractivity contribution is -0.134. The van der Waals surface area contributed by atoms with Crippen molar-refractivity contribution in [2.75, 3.05) is 6.54 Å². The highest BCUT2D eigenvalue weighted by Gasteiger charge is 2.38. The Hall–Kier alpha value is -2.90. The summed E-state index contributed by atoms with van der Waals surface area (Å²) in [4.78, 5) is 40.4. The number of nitrogens with two attached hydrogens (primary N) is 1. The van der Waals surface area contributed by atoms with Crippen molar-refractivity contribution in [3.63, 3.8) is 0 Å². The highest BCUT2D eigenvalue weighted by Crippen LogP contribution is 2.34. The van der Waals surface area contributed by atoms with Crippen molar-refractivity contribution < 1.29 is 14.4 Å². The molecular formula is C35H53ClN4O3. The van der Waals surface area contributed by atoms with Crippen LogP contribution in [0, 0.1) is 11.3 Å². The number of nitrogens with one attached hydrogen (secondary N) is 3. The number of aryl methyl sites for hydroxylation is 1. The van der Waals surface area contributed by atoms with Gasteiger partial charge in [0.15, 0.2) is 0 Å². The lowest BCUT2D eigenvalue weighted by atomic mass is 9.76. The molecule has 5 N–H and O–H groups in total. The lowest BCUT2D eigenvalue weighted by Gasteiger charge is -2.35. The average molecular weight is 613 g/mol. The molecule has 0 spiro atoms. The van der Waals surface area contributed by atoms with E-state index < -0.39 is 23.4 Å². The highest BCUT2D eigenvalue weighted by molar-refractivity contribution is 6.30. The van der Waals surface area contributed by atoms with Crippen molar-refractivity contribution in [3.05, 3.63) is 70.2 Å². The Morgan fingerprint density at radius 2 is 1.65 bits per heavy atom. The zero-order chi connectivity index (χ0) is 32.2. The Morgan fingerprint density at radius 1 is 1.00 bits per heavy atom. The standard InChI is InChI=1S/C33H47ClN4O3.C2H6/c1-6-18-33(7-2,31(41)38-32(3,4)5)19-20-36-30(40)27(21-22-12-15-24(34)16-13-22)37-29(39)26-17-14-23-10-8-9-11-25(23)28(26)35;1-2/h8-13,15-16,26-28H,6-7,14,17-21,35H2,1-5H3,(H,36,40)(H,37,39)(H,38,41);1-2H3/t26?,27-,28?,33?;/m1./s1. The maximum Gasteiger partial charge on any atom is 0.242 e. The van der Waals surface area contributed by atoms with Gasteiger partial charge in [0.05, 0.1) is 11.3 Å². The number of carbonyl (C=O) groups excluding carboxylic acids is 3. The molecule has 0 bridgehead atoms. The minimum absolute atomic E-state index is 0.0150. The Labute approximate surface area is 264 Å². The second-order valence-corrected chi connectivity index (χ2v) is 12.8. The van der Waals surface area contributed by atoms with Crippen LogP contribution in [0.2, 0.25) is 5.02 Å². The Kier molecular flexibility index (Phi) is 14.2. The van der Waals surface area contributed by atoms with E-state index in [2.05, 4.69) is 28.9 Å². The van der Waals surface area contributed by atoms with Crippen LogP contribution in [0.5, 0.6) is 0 Å². The fourth-order valence-electron chi connectivity index (χ4n) is 5.80. The Bertz CT molecular complexity index is 1190. The van der Waals surface area contributed by atoms with Gasteiger partial charge in [-0.1, -0.05) is 82.1 Å². The molecule has 1 aliphatic rings. The molecule has 0 aromatic heterocycles. The normalized spacial score (nSPS) is 18.2. The van der Waals surface area contributed by atoms with Gasteiger partial charge >= 0.3 is 0 Å². The largest absolute Gasteiger partial charge is 0.354 e. The molecule has 0 aliphatic heterocycles. The topological polar surface area (TPSA) is 113 Å². The van der Waals surface area contributed by atoms with Gasteiger partial charge in [-0.15, -0.1) is 0 Å². The van der Waals surface area contributed by atoms with Crippen molar-refractivity contribution in [1.29, 1.82) is 0 Å². The van der Waals surface area contributed by atoms with Gasteiger partial charge in [-0.05, 0) is 81.7 Å². The van der Waals surface area contributed by atoms with Crippen LogP contribution < -0.4 is 21.7 Å². The van der Waals surface area contributed by atoms with Crippen LogP contribution in [0.4, 0.5) is 0 Å².